The molecule has 1 aliphatic rings. The van der Waals surface area contributed by atoms with Gasteiger partial charge in [-0.25, -0.2) is 4.79 Å². The zero-order valence-corrected chi connectivity index (χ0v) is 38.8. The molecule has 0 aliphatic carbocycles. The molecule has 2 rings (SSSR count). The number of esters is 1. The summed E-state index contributed by atoms with van der Waals surface area (Å²) in [5.41, 5.74) is 0.881. The third-order valence-corrected chi connectivity index (χ3v) is 12.7. The van der Waals surface area contributed by atoms with E-state index in [2.05, 4.69) is 44.8 Å². The van der Waals surface area contributed by atoms with E-state index in [0.717, 1.165) is 44.2 Å². The van der Waals surface area contributed by atoms with Crippen molar-refractivity contribution in [2.75, 3.05) is 48.5 Å². The Bertz CT molecular complexity index is 1440. The van der Waals surface area contributed by atoms with Crippen LogP contribution in [-0.2, 0) is 44.6 Å². The summed E-state index contributed by atoms with van der Waals surface area (Å²) < 4.78 is 17.1. The maximum absolute atomic E-state index is 14.5. The number of hydrogen-bond acceptors (Lipinski definition) is 9. The van der Waals surface area contributed by atoms with Crippen LogP contribution in [0.3, 0.4) is 0 Å². The van der Waals surface area contributed by atoms with E-state index in [0.29, 0.717) is 13.0 Å². The van der Waals surface area contributed by atoms with Crippen LogP contribution in [0.2, 0.25) is 0 Å². The highest BCUT2D eigenvalue weighted by Gasteiger charge is 2.43. The lowest BCUT2D eigenvalue weighted by Gasteiger charge is -2.41. The number of rotatable bonds is 27. The lowest BCUT2D eigenvalue weighted by atomic mass is 9.83. The Labute approximate surface area is 356 Å². The summed E-state index contributed by atoms with van der Waals surface area (Å²) in [7, 11) is 8.23. The van der Waals surface area contributed by atoms with Crippen molar-refractivity contribution in [3.05, 3.63) is 35.9 Å². The first-order chi connectivity index (χ1) is 28.0. The van der Waals surface area contributed by atoms with Crippen molar-refractivity contribution in [1.29, 1.82) is 0 Å². The predicted octanol–water partition coefficient (Wildman–Crippen LogP) is 6.58. The van der Waals surface area contributed by atoms with Crippen LogP contribution in [0.15, 0.2) is 30.3 Å². The van der Waals surface area contributed by atoms with Crippen LogP contribution >= 0.6 is 0 Å². The third-order valence-electron chi connectivity index (χ3n) is 12.7. The third kappa shape index (κ3) is 15.0. The van der Waals surface area contributed by atoms with Gasteiger partial charge < -0.3 is 29.3 Å². The van der Waals surface area contributed by atoms with Gasteiger partial charge in [0.15, 0.2) is 5.78 Å². The van der Waals surface area contributed by atoms with Crippen LogP contribution in [0.4, 0.5) is 0 Å². The predicted molar refractivity (Wildman–Crippen MR) is 234 cm³/mol. The number of likely N-dealkylation sites (tertiary alicyclic amines) is 1. The van der Waals surface area contributed by atoms with Gasteiger partial charge in [-0.2, -0.15) is 0 Å². The summed E-state index contributed by atoms with van der Waals surface area (Å²) in [4.78, 5) is 75.0. The summed E-state index contributed by atoms with van der Waals surface area (Å²) in [6, 6.07) is 7.45. The fourth-order valence-electron chi connectivity index (χ4n) is 9.06. The number of carbonyl (C=O) groups excluding carboxylic acids is 5. The van der Waals surface area contributed by atoms with Crippen molar-refractivity contribution in [3.63, 3.8) is 0 Å². The summed E-state index contributed by atoms with van der Waals surface area (Å²) in [5, 5.41) is 2.88. The van der Waals surface area contributed by atoms with Gasteiger partial charge in [0.1, 0.15) is 6.04 Å². The minimum absolute atomic E-state index is 0.00802. The molecule has 1 N–H and O–H groups in total. The molecule has 336 valence electrons. The van der Waals surface area contributed by atoms with Gasteiger partial charge >= 0.3 is 5.97 Å². The lowest BCUT2D eigenvalue weighted by Crippen LogP contribution is -2.55. The average molecular weight is 829 g/mol. The summed E-state index contributed by atoms with van der Waals surface area (Å²) in [5.74, 6) is -2.27. The first kappa shape index (κ1) is 51.8. The molecule has 0 aromatic heterocycles. The van der Waals surface area contributed by atoms with Gasteiger partial charge in [-0.05, 0) is 56.2 Å². The number of hydrogen-bond donors (Lipinski definition) is 1. The maximum Gasteiger partial charge on any atom is 0.328 e. The molecule has 12 nitrogen and oxygen atoms in total. The molecule has 9 atom stereocenters. The number of unbranched alkanes of at least 4 members (excludes halogenated alkanes) is 3. The molecule has 0 radical (unpaired) electrons. The number of nitrogens with zero attached hydrogens (tertiary/aromatic N) is 3. The number of nitrogens with one attached hydrogen (secondary N) is 1. The van der Waals surface area contributed by atoms with E-state index in [1.165, 1.54) is 13.5 Å². The minimum atomic E-state index is -0.887. The molecule has 0 spiro atoms. The SMILES string of the molecule is CCCCCCN(C)[C@H](C(=O)C[C@H](C(=O)N(C)[C@@H]([C@@H](C)CC)[C@@H](CC(=O)N1CCC[C@H]1[C@H](OC)[C@@H](C)C(=O)N[C@@H](Cc1ccccc1)C(=O)OC)OC)C(C)C)C(C)C. The van der Waals surface area contributed by atoms with E-state index in [-0.39, 0.29) is 72.6 Å². The zero-order valence-electron chi connectivity index (χ0n) is 38.8. The Balaban J connectivity index is 2.27. The second-order valence-electron chi connectivity index (χ2n) is 17.6. The molecule has 1 saturated heterocycles. The van der Waals surface area contributed by atoms with Crippen molar-refractivity contribution < 1.29 is 38.2 Å². The van der Waals surface area contributed by atoms with E-state index in [1.807, 2.05) is 51.2 Å². The van der Waals surface area contributed by atoms with Crippen molar-refractivity contribution in [1.82, 2.24) is 20.0 Å². The van der Waals surface area contributed by atoms with Crippen molar-refractivity contribution in [3.8, 4) is 0 Å². The Morgan fingerprint density at radius 3 is 2.07 bits per heavy atom. The van der Waals surface area contributed by atoms with Crippen LogP contribution in [0, 0.1) is 29.6 Å². The smallest absolute Gasteiger partial charge is 0.328 e. The normalized spacial score (nSPS) is 18.5. The number of ketones is 1. The first-order valence-electron chi connectivity index (χ1n) is 22.3. The molecule has 1 heterocycles. The standard InChI is InChI=1S/C47H80N4O8/c1-14-16-17-21-26-49(9)42(32(5)6)39(52)29-36(31(3)4)46(55)50(10)43(33(7)15-2)40(57-11)30-41(53)51-27-22-25-38(51)44(58-12)34(8)45(54)48-37(47(56)59-13)28-35-23-19-18-20-24-35/h18-20,23-24,31-34,36-38,40,42-44H,14-17,21-22,25-30H2,1-13H3,(H,48,54)/t33-,34+,36-,37-,38-,40+,42-,43-,44+/m0/s1. The van der Waals surface area contributed by atoms with E-state index >= 15 is 0 Å². The van der Waals surface area contributed by atoms with Crippen molar-refractivity contribution >= 4 is 29.5 Å². The minimum Gasteiger partial charge on any atom is -0.467 e. The summed E-state index contributed by atoms with van der Waals surface area (Å²) in [6.45, 7) is 17.6. The molecule has 0 unspecified atom stereocenters. The maximum atomic E-state index is 14.5. The fraction of sp³-hybridized carbons (Fsp3) is 0.766. The van der Waals surface area contributed by atoms with E-state index in [1.54, 1.807) is 38.0 Å². The number of carbonyl (C=O) groups is 5. The highest BCUT2D eigenvalue weighted by molar-refractivity contribution is 5.90. The summed E-state index contributed by atoms with van der Waals surface area (Å²) >= 11 is 0. The number of amides is 3. The van der Waals surface area contributed by atoms with Gasteiger partial charge in [-0.3, -0.25) is 24.1 Å². The highest BCUT2D eigenvalue weighted by atomic mass is 16.5. The van der Waals surface area contributed by atoms with Crippen molar-refractivity contribution in [2.24, 2.45) is 29.6 Å². The number of Topliss-reactive ketones (excluding diaryl/α,β-unsaturated/α-hetero) is 1. The number of benzene rings is 1. The molecule has 3 amide bonds. The number of ether oxygens (including phenoxy) is 3. The quantitative estimate of drug-likeness (QED) is 0.0772. The molecule has 0 saturated carbocycles. The van der Waals surface area contributed by atoms with Crippen LogP contribution < -0.4 is 5.32 Å². The van der Waals surface area contributed by atoms with Gasteiger partial charge in [-0.1, -0.05) is 111 Å². The summed E-state index contributed by atoms with van der Waals surface area (Å²) in [6.07, 6.45) is 5.84. The number of methoxy groups -OCH3 is 3. The second kappa shape index (κ2) is 26.1. The van der Waals surface area contributed by atoms with Crippen LogP contribution in [0.25, 0.3) is 0 Å². The largest absolute Gasteiger partial charge is 0.467 e. The first-order valence-corrected chi connectivity index (χ1v) is 22.3. The lowest BCUT2D eigenvalue weighted by molar-refractivity contribution is -0.150. The monoisotopic (exact) mass is 829 g/mol. The van der Waals surface area contributed by atoms with Gasteiger partial charge in [0.2, 0.25) is 17.7 Å². The van der Waals surface area contributed by atoms with Crippen molar-refractivity contribution in [2.45, 2.75) is 156 Å². The molecule has 0 bridgehead atoms. The molecule has 1 fully saturated rings. The molecule has 1 aliphatic heterocycles. The van der Waals surface area contributed by atoms with E-state index in [4.69, 9.17) is 14.2 Å². The fourth-order valence-corrected chi connectivity index (χ4v) is 9.06. The van der Waals surface area contributed by atoms with Crippen LogP contribution in [0.1, 0.15) is 119 Å². The van der Waals surface area contributed by atoms with Gasteiger partial charge in [0.05, 0.1) is 49.8 Å². The molecular formula is C47H80N4O8. The topological polar surface area (TPSA) is 135 Å². The Morgan fingerprint density at radius 2 is 1.53 bits per heavy atom. The van der Waals surface area contributed by atoms with Gasteiger partial charge in [0.25, 0.3) is 0 Å². The van der Waals surface area contributed by atoms with Crippen LogP contribution in [0.5, 0.6) is 0 Å². The van der Waals surface area contributed by atoms with Gasteiger partial charge in [-0.15, -0.1) is 0 Å². The van der Waals surface area contributed by atoms with E-state index in [9.17, 15) is 24.0 Å². The average Bonchev–Trinajstić information content (AvgIpc) is 3.70. The molecule has 12 heteroatoms. The van der Waals surface area contributed by atoms with Gasteiger partial charge in [0, 0.05) is 46.6 Å². The Kier molecular flexibility index (Phi) is 22.9. The van der Waals surface area contributed by atoms with Crippen LogP contribution in [-0.4, -0.2) is 129 Å². The molecular weight excluding hydrogens is 749 g/mol. The molecule has 1 aromatic carbocycles. The molecule has 1 aromatic rings. The van der Waals surface area contributed by atoms with E-state index < -0.39 is 42.1 Å². The molecule has 59 heavy (non-hydrogen) atoms. The Morgan fingerprint density at radius 1 is 0.864 bits per heavy atom. The second-order valence-corrected chi connectivity index (χ2v) is 17.6. The Hall–Kier alpha value is -3.35. The highest BCUT2D eigenvalue weighted by Crippen LogP contribution is 2.31. The zero-order chi connectivity index (χ0) is 44.4. The number of likely N-dealkylation sites (N-methyl/N-ethyl adjacent to an activating group) is 2.